The van der Waals surface area contributed by atoms with Crippen molar-refractivity contribution in [2.75, 3.05) is 33.0 Å². The zero-order chi connectivity index (χ0) is 19.5. The van der Waals surface area contributed by atoms with Gasteiger partial charge in [-0.15, -0.1) is 0 Å². The molecule has 2 aromatic rings. The number of ether oxygens (including phenoxy) is 2. The minimum absolute atomic E-state index is 0.0413. The van der Waals surface area contributed by atoms with Crippen LogP contribution in [0.4, 0.5) is 0 Å². The number of halogens is 1. The number of hydrogen-bond donors (Lipinski definition) is 0. The minimum atomic E-state index is -0.0413. The largest absolute Gasteiger partial charge is 0.454 e. The van der Waals surface area contributed by atoms with Crippen molar-refractivity contribution in [3.05, 3.63) is 58.1 Å². The van der Waals surface area contributed by atoms with E-state index in [2.05, 4.69) is 11.0 Å². The molecule has 0 saturated carbocycles. The van der Waals surface area contributed by atoms with Crippen molar-refractivity contribution in [2.45, 2.75) is 13.0 Å². The van der Waals surface area contributed by atoms with E-state index >= 15 is 0 Å². The van der Waals surface area contributed by atoms with E-state index in [9.17, 15) is 4.79 Å². The molecule has 0 spiro atoms. The van der Waals surface area contributed by atoms with Crippen LogP contribution in [0.5, 0.6) is 11.5 Å². The van der Waals surface area contributed by atoms with Gasteiger partial charge in [0.15, 0.2) is 11.5 Å². The SMILES string of the molecule is N#Cc1ccc(CN2CCCN(C(=O)c3cc(Cl)c4c(c3)OCO4)CC2)cc1. The Kier molecular flexibility index (Phi) is 5.38. The van der Waals surface area contributed by atoms with Crippen LogP contribution in [0.1, 0.15) is 27.9 Å². The molecule has 144 valence electrons. The summed E-state index contributed by atoms with van der Waals surface area (Å²) in [7, 11) is 0. The molecule has 0 aliphatic carbocycles. The summed E-state index contributed by atoms with van der Waals surface area (Å²) < 4.78 is 10.7. The summed E-state index contributed by atoms with van der Waals surface area (Å²) in [5, 5.41) is 9.31. The Balaban J connectivity index is 1.40. The fourth-order valence-corrected chi connectivity index (χ4v) is 3.81. The van der Waals surface area contributed by atoms with E-state index < -0.39 is 0 Å². The first-order chi connectivity index (χ1) is 13.6. The first-order valence-electron chi connectivity index (χ1n) is 9.24. The third-order valence-electron chi connectivity index (χ3n) is 5.04. The number of amides is 1. The fraction of sp³-hybridized carbons (Fsp3) is 0.333. The van der Waals surface area contributed by atoms with Gasteiger partial charge in [-0.2, -0.15) is 5.26 Å². The van der Waals surface area contributed by atoms with Crippen molar-refractivity contribution < 1.29 is 14.3 Å². The summed E-state index contributed by atoms with van der Waals surface area (Å²) in [6.45, 7) is 4.01. The van der Waals surface area contributed by atoms with Gasteiger partial charge in [0.1, 0.15) is 0 Å². The number of nitrogens with zero attached hydrogens (tertiary/aromatic N) is 3. The number of rotatable bonds is 3. The lowest BCUT2D eigenvalue weighted by Gasteiger charge is -2.22. The van der Waals surface area contributed by atoms with E-state index in [4.69, 9.17) is 26.3 Å². The summed E-state index contributed by atoms with van der Waals surface area (Å²) in [6.07, 6.45) is 0.903. The van der Waals surface area contributed by atoms with Crippen molar-refractivity contribution in [3.63, 3.8) is 0 Å². The van der Waals surface area contributed by atoms with Crippen LogP contribution in [0.2, 0.25) is 5.02 Å². The van der Waals surface area contributed by atoms with Crippen molar-refractivity contribution in [1.29, 1.82) is 5.26 Å². The molecule has 1 amide bonds. The molecule has 0 radical (unpaired) electrons. The van der Waals surface area contributed by atoms with Gasteiger partial charge in [-0.25, -0.2) is 0 Å². The Labute approximate surface area is 168 Å². The van der Waals surface area contributed by atoms with E-state index in [1.165, 1.54) is 5.56 Å². The lowest BCUT2D eigenvalue weighted by atomic mass is 10.1. The number of benzene rings is 2. The predicted octanol–water partition coefficient (Wildman–Crippen LogP) is 3.29. The summed E-state index contributed by atoms with van der Waals surface area (Å²) in [6, 6.07) is 13.1. The summed E-state index contributed by atoms with van der Waals surface area (Å²) in [5.74, 6) is 0.983. The minimum Gasteiger partial charge on any atom is -0.454 e. The molecule has 7 heteroatoms. The van der Waals surface area contributed by atoms with E-state index in [0.29, 0.717) is 40.7 Å². The average molecular weight is 398 g/mol. The fourth-order valence-electron chi connectivity index (χ4n) is 3.55. The molecule has 2 aromatic carbocycles. The zero-order valence-corrected chi connectivity index (χ0v) is 16.1. The number of fused-ring (bicyclic) bond motifs is 1. The second-order valence-corrected chi connectivity index (χ2v) is 7.33. The maximum absolute atomic E-state index is 13.0. The van der Waals surface area contributed by atoms with Crippen molar-refractivity contribution >= 4 is 17.5 Å². The Bertz CT molecular complexity index is 924. The second-order valence-electron chi connectivity index (χ2n) is 6.92. The van der Waals surface area contributed by atoms with Crippen LogP contribution < -0.4 is 9.47 Å². The maximum atomic E-state index is 13.0. The Morgan fingerprint density at radius 1 is 1.11 bits per heavy atom. The van der Waals surface area contributed by atoms with Gasteiger partial charge in [0.2, 0.25) is 6.79 Å². The summed E-state index contributed by atoms with van der Waals surface area (Å²) in [5.41, 5.74) is 2.36. The zero-order valence-electron chi connectivity index (χ0n) is 15.4. The summed E-state index contributed by atoms with van der Waals surface area (Å²) in [4.78, 5) is 17.2. The van der Waals surface area contributed by atoms with Crippen molar-refractivity contribution in [1.82, 2.24) is 9.80 Å². The molecule has 1 fully saturated rings. The standard InChI is InChI=1S/C21H20ClN3O3/c22-18-10-17(11-19-20(18)28-14-27-19)21(26)25-7-1-6-24(8-9-25)13-16-4-2-15(12-23)3-5-16/h2-5,10-11H,1,6-9,13-14H2. The van der Waals surface area contributed by atoms with Crippen LogP contribution in [0.3, 0.4) is 0 Å². The smallest absolute Gasteiger partial charge is 0.254 e. The molecular formula is C21H20ClN3O3. The normalized spacial score (nSPS) is 16.5. The van der Waals surface area contributed by atoms with E-state index in [0.717, 1.165) is 26.1 Å². The highest BCUT2D eigenvalue weighted by atomic mass is 35.5. The van der Waals surface area contributed by atoms with Crippen LogP contribution in [-0.4, -0.2) is 48.7 Å². The van der Waals surface area contributed by atoms with Gasteiger partial charge in [0, 0.05) is 38.3 Å². The Hall–Kier alpha value is -2.75. The van der Waals surface area contributed by atoms with Gasteiger partial charge in [-0.3, -0.25) is 9.69 Å². The second kappa shape index (κ2) is 8.09. The third kappa shape index (κ3) is 3.91. The Morgan fingerprint density at radius 2 is 1.93 bits per heavy atom. The molecule has 0 aromatic heterocycles. The predicted molar refractivity (Wildman–Crippen MR) is 105 cm³/mol. The van der Waals surface area contributed by atoms with Crippen LogP contribution in [0, 0.1) is 11.3 Å². The molecule has 4 rings (SSSR count). The third-order valence-corrected chi connectivity index (χ3v) is 5.32. The highest BCUT2D eigenvalue weighted by Gasteiger charge is 2.25. The molecule has 0 bridgehead atoms. The number of nitriles is 1. The van der Waals surface area contributed by atoms with Gasteiger partial charge in [0.25, 0.3) is 5.91 Å². The van der Waals surface area contributed by atoms with Crippen LogP contribution in [-0.2, 0) is 6.54 Å². The van der Waals surface area contributed by atoms with Gasteiger partial charge in [-0.05, 0) is 36.2 Å². The lowest BCUT2D eigenvalue weighted by Crippen LogP contribution is -2.35. The van der Waals surface area contributed by atoms with Gasteiger partial charge in [0.05, 0.1) is 16.7 Å². The Morgan fingerprint density at radius 3 is 2.71 bits per heavy atom. The molecule has 0 atom stereocenters. The highest BCUT2D eigenvalue weighted by Crippen LogP contribution is 2.40. The quantitative estimate of drug-likeness (QED) is 0.795. The first-order valence-corrected chi connectivity index (χ1v) is 9.61. The summed E-state index contributed by atoms with van der Waals surface area (Å²) >= 11 is 6.22. The van der Waals surface area contributed by atoms with E-state index in [1.54, 1.807) is 12.1 Å². The van der Waals surface area contributed by atoms with Crippen LogP contribution >= 0.6 is 11.6 Å². The van der Waals surface area contributed by atoms with Crippen LogP contribution in [0.25, 0.3) is 0 Å². The van der Waals surface area contributed by atoms with Crippen molar-refractivity contribution in [3.8, 4) is 17.6 Å². The average Bonchev–Trinajstić information content (AvgIpc) is 3.08. The molecule has 0 unspecified atom stereocenters. The molecular weight excluding hydrogens is 378 g/mol. The highest BCUT2D eigenvalue weighted by molar-refractivity contribution is 6.32. The first kappa shape index (κ1) is 18.6. The van der Waals surface area contributed by atoms with Gasteiger partial charge in [-0.1, -0.05) is 23.7 Å². The molecule has 2 heterocycles. The van der Waals surface area contributed by atoms with Gasteiger partial charge >= 0.3 is 0 Å². The van der Waals surface area contributed by atoms with E-state index in [1.807, 2.05) is 29.2 Å². The molecule has 6 nitrogen and oxygen atoms in total. The lowest BCUT2D eigenvalue weighted by molar-refractivity contribution is 0.0760. The molecule has 0 N–H and O–H groups in total. The molecule has 2 aliphatic rings. The topological polar surface area (TPSA) is 65.8 Å². The number of carbonyl (C=O) groups is 1. The van der Waals surface area contributed by atoms with E-state index in [-0.39, 0.29) is 12.7 Å². The van der Waals surface area contributed by atoms with Crippen LogP contribution in [0.15, 0.2) is 36.4 Å². The monoisotopic (exact) mass is 397 g/mol. The molecule has 1 saturated heterocycles. The van der Waals surface area contributed by atoms with Crippen molar-refractivity contribution in [2.24, 2.45) is 0 Å². The maximum Gasteiger partial charge on any atom is 0.254 e. The number of hydrogen-bond acceptors (Lipinski definition) is 5. The van der Waals surface area contributed by atoms with Gasteiger partial charge < -0.3 is 14.4 Å². The molecule has 2 aliphatic heterocycles. The number of carbonyl (C=O) groups excluding carboxylic acids is 1. The molecule has 28 heavy (non-hydrogen) atoms.